The summed E-state index contributed by atoms with van der Waals surface area (Å²) in [6.45, 7) is 0. The molecule has 0 aromatic carbocycles. The Hall–Kier alpha value is -2.83. The topological polar surface area (TPSA) is 100 Å². The lowest BCUT2D eigenvalue weighted by Gasteiger charge is -1.97. The number of amides is 1. The van der Waals surface area contributed by atoms with Gasteiger partial charge in [-0.15, -0.1) is 0 Å². The van der Waals surface area contributed by atoms with E-state index in [0.29, 0.717) is 0 Å². The van der Waals surface area contributed by atoms with Gasteiger partial charge in [0, 0.05) is 24.0 Å². The molecule has 90 valence electrons. The van der Waals surface area contributed by atoms with Crippen LogP contribution in [0.2, 0.25) is 0 Å². The fraction of sp³-hybridized carbons (Fsp3) is 0. The molecule has 2 heterocycles. The van der Waals surface area contributed by atoms with E-state index >= 15 is 0 Å². The molecule has 0 aliphatic carbocycles. The van der Waals surface area contributed by atoms with Gasteiger partial charge in [0.1, 0.15) is 0 Å². The number of hydrazone groups is 1. The van der Waals surface area contributed by atoms with Crippen LogP contribution in [-0.4, -0.2) is 27.3 Å². The molecule has 0 atom stereocenters. The monoisotopic (exact) mass is 243 g/mol. The van der Waals surface area contributed by atoms with E-state index in [0.717, 1.165) is 5.56 Å². The molecule has 1 amide bonds. The zero-order chi connectivity index (χ0) is 12.8. The number of aromatic nitrogens is 3. The first-order valence-corrected chi connectivity index (χ1v) is 5.05. The second-order valence-corrected chi connectivity index (χ2v) is 3.29. The van der Waals surface area contributed by atoms with Gasteiger partial charge in [-0.3, -0.25) is 14.6 Å². The Balaban J connectivity index is 1.98. The van der Waals surface area contributed by atoms with Crippen molar-refractivity contribution in [1.29, 1.82) is 0 Å². The number of pyridine rings is 1. The van der Waals surface area contributed by atoms with E-state index in [1.807, 2.05) is 0 Å². The highest BCUT2D eigenvalue weighted by molar-refractivity contribution is 5.92. The van der Waals surface area contributed by atoms with E-state index in [1.165, 1.54) is 18.3 Å². The molecule has 0 fully saturated rings. The number of carbonyl (C=O) groups excluding carboxylic acids is 1. The second-order valence-electron chi connectivity index (χ2n) is 3.29. The van der Waals surface area contributed by atoms with Gasteiger partial charge in [0.05, 0.1) is 6.21 Å². The minimum absolute atomic E-state index is 0.0814. The lowest BCUT2D eigenvalue weighted by Crippen LogP contribution is -2.21. The Bertz CT molecular complexity index is 600. The summed E-state index contributed by atoms with van der Waals surface area (Å²) in [5.74, 6) is -0.508. The first kappa shape index (κ1) is 11.6. The number of nitrogens with zero attached hydrogens (tertiary/aromatic N) is 3. The first-order valence-electron chi connectivity index (χ1n) is 5.05. The van der Waals surface area contributed by atoms with Gasteiger partial charge in [-0.05, 0) is 12.1 Å². The summed E-state index contributed by atoms with van der Waals surface area (Å²) < 4.78 is 0. The van der Waals surface area contributed by atoms with Crippen LogP contribution < -0.4 is 11.0 Å². The Morgan fingerprint density at radius 1 is 1.39 bits per heavy atom. The molecule has 0 radical (unpaired) electrons. The van der Waals surface area contributed by atoms with Crippen LogP contribution in [-0.2, 0) is 0 Å². The molecule has 18 heavy (non-hydrogen) atoms. The van der Waals surface area contributed by atoms with Gasteiger partial charge < -0.3 is 0 Å². The molecule has 7 nitrogen and oxygen atoms in total. The standard InChI is InChI=1S/C11H9N5O2/c17-10-4-3-9(14-15-10)11(18)16-13-7-8-2-1-5-12-6-8/h1-7H,(H,15,17)(H,16,18)/b13-7-. The van der Waals surface area contributed by atoms with Crippen molar-refractivity contribution in [3.63, 3.8) is 0 Å². The molecule has 0 bridgehead atoms. The van der Waals surface area contributed by atoms with Crippen LogP contribution in [0.3, 0.4) is 0 Å². The van der Waals surface area contributed by atoms with Crippen LogP contribution in [0.5, 0.6) is 0 Å². The quantitative estimate of drug-likeness (QED) is 0.582. The van der Waals surface area contributed by atoms with E-state index in [1.54, 1.807) is 24.5 Å². The number of carbonyl (C=O) groups is 1. The molecule has 0 saturated carbocycles. The summed E-state index contributed by atoms with van der Waals surface area (Å²) in [5, 5.41) is 9.47. The molecule has 2 aromatic rings. The largest absolute Gasteiger partial charge is 0.291 e. The molecule has 2 rings (SSSR count). The van der Waals surface area contributed by atoms with Crippen molar-refractivity contribution in [3.8, 4) is 0 Å². The molecule has 0 aliphatic rings. The molecule has 2 N–H and O–H groups in total. The SMILES string of the molecule is O=C(N/N=C\c1cccnc1)c1ccc(=O)[nH]n1. The normalized spacial score (nSPS) is 10.4. The van der Waals surface area contributed by atoms with E-state index < -0.39 is 5.91 Å². The highest BCUT2D eigenvalue weighted by Crippen LogP contribution is 1.91. The maximum absolute atomic E-state index is 11.5. The number of nitrogens with one attached hydrogen (secondary N) is 2. The van der Waals surface area contributed by atoms with Crippen molar-refractivity contribution >= 4 is 12.1 Å². The van der Waals surface area contributed by atoms with Gasteiger partial charge in [-0.25, -0.2) is 10.5 Å². The van der Waals surface area contributed by atoms with Gasteiger partial charge in [0.15, 0.2) is 5.69 Å². The third kappa shape index (κ3) is 3.08. The third-order valence-electron chi connectivity index (χ3n) is 1.98. The summed E-state index contributed by atoms with van der Waals surface area (Å²) in [4.78, 5) is 26.2. The number of H-pyrrole nitrogens is 1. The number of hydrogen-bond donors (Lipinski definition) is 2. The molecular weight excluding hydrogens is 234 g/mol. The second kappa shape index (κ2) is 5.48. The van der Waals surface area contributed by atoms with Crippen LogP contribution in [0.15, 0.2) is 46.6 Å². The summed E-state index contributed by atoms with van der Waals surface area (Å²) in [6, 6.07) is 6.08. The van der Waals surface area contributed by atoms with Crippen LogP contribution in [0.1, 0.15) is 16.1 Å². The van der Waals surface area contributed by atoms with Crippen molar-refractivity contribution in [1.82, 2.24) is 20.6 Å². The predicted octanol–water partition coefficient (Wildman–Crippen LogP) is -0.0712. The summed E-state index contributed by atoms with van der Waals surface area (Å²) >= 11 is 0. The Labute approximate surface area is 102 Å². The van der Waals surface area contributed by atoms with Crippen LogP contribution >= 0.6 is 0 Å². The van der Waals surface area contributed by atoms with Gasteiger partial charge >= 0.3 is 0 Å². The zero-order valence-electron chi connectivity index (χ0n) is 9.20. The summed E-state index contributed by atoms with van der Waals surface area (Å²) in [5.41, 5.74) is 2.75. The first-order chi connectivity index (χ1) is 8.75. The third-order valence-corrected chi connectivity index (χ3v) is 1.98. The number of rotatable bonds is 3. The van der Waals surface area contributed by atoms with Crippen LogP contribution in [0, 0.1) is 0 Å². The van der Waals surface area contributed by atoms with Crippen molar-refractivity contribution in [3.05, 3.63) is 58.3 Å². The summed E-state index contributed by atoms with van der Waals surface area (Å²) in [7, 11) is 0. The summed E-state index contributed by atoms with van der Waals surface area (Å²) in [6.07, 6.45) is 4.70. The average Bonchev–Trinajstić information content (AvgIpc) is 2.40. The average molecular weight is 243 g/mol. The Morgan fingerprint density at radius 2 is 2.28 bits per heavy atom. The lowest BCUT2D eigenvalue weighted by atomic mass is 10.3. The van der Waals surface area contributed by atoms with Crippen molar-refractivity contribution in [2.24, 2.45) is 5.10 Å². The van der Waals surface area contributed by atoms with E-state index in [9.17, 15) is 9.59 Å². The molecular formula is C11H9N5O2. The lowest BCUT2D eigenvalue weighted by molar-refractivity contribution is 0.0949. The van der Waals surface area contributed by atoms with Crippen molar-refractivity contribution in [2.45, 2.75) is 0 Å². The molecule has 0 aliphatic heterocycles. The highest BCUT2D eigenvalue weighted by atomic mass is 16.2. The molecule has 2 aromatic heterocycles. The van der Waals surface area contributed by atoms with Crippen molar-refractivity contribution in [2.75, 3.05) is 0 Å². The maximum Gasteiger partial charge on any atom is 0.291 e. The Morgan fingerprint density at radius 3 is 2.94 bits per heavy atom. The molecule has 0 spiro atoms. The molecule has 7 heteroatoms. The number of hydrogen-bond acceptors (Lipinski definition) is 5. The minimum atomic E-state index is -0.508. The number of aromatic amines is 1. The molecule has 0 unspecified atom stereocenters. The van der Waals surface area contributed by atoms with Gasteiger partial charge in [-0.1, -0.05) is 6.07 Å². The van der Waals surface area contributed by atoms with E-state index in [4.69, 9.17) is 0 Å². The fourth-order valence-electron chi connectivity index (χ4n) is 1.15. The van der Waals surface area contributed by atoms with Crippen molar-refractivity contribution < 1.29 is 4.79 Å². The van der Waals surface area contributed by atoms with Crippen LogP contribution in [0.4, 0.5) is 0 Å². The van der Waals surface area contributed by atoms with E-state index in [2.05, 4.69) is 25.7 Å². The predicted molar refractivity (Wildman–Crippen MR) is 64.2 cm³/mol. The van der Waals surface area contributed by atoms with E-state index in [-0.39, 0.29) is 11.3 Å². The smallest absolute Gasteiger partial charge is 0.268 e. The maximum atomic E-state index is 11.5. The fourth-order valence-corrected chi connectivity index (χ4v) is 1.15. The van der Waals surface area contributed by atoms with Gasteiger partial charge in [0.2, 0.25) is 0 Å². The highest BCUT2D eigenvalue weighted by Gasteiger charge is 2.04. The molecule has 0 saturated heterocycles. The van der Waals surface area contributed by atoms with Gasteiger partial charge in [0.25, 0.3) is 11.5 Å². The zero-order valence-corrected chi connectivity index (χ0v) is 9.20. The van der Waals surface area contributed by atoms with Gasteiger partial charge in [-0.2, -0.15) is 10.2 Å². The minimum Gasteiger partial charge on any atom is -0.268 e. The Kier molecular flexibility index (Phi) is 3.55. The van der Waals surface area contributed by atoms with Crippen LogP contribution in [0.25, 0.3) is 0 Å².